The number of nitrogens with one attached hydrogen (secondary N) is 1. The molecule has 6 heteroatoms. The van der Waals surface area contributed by atoms with Gasteiger partial charge in [-0.15, -0.1) is 0 Å². The number of aryl methyl sites for hydroxylation is 2. The molecule has 0 aromatic heterocycles. The highest BCUT2D eigenvalue weighted by molar-refractivity contribution is 5.94. The van der Waals surface area contributed by atoms with E-state index in [1.807, 2.05) is 38.1 Å². The molecule has 0 spiro atoms. The summed E-state index contributed by atoms with van der Waals surface area (Å²) in [7, 11) is 0. The van der Waals surface area contributed by atoms with Crippen molar-refractivity contribution < 1.29 is 14.3 Å². The lowest BCUT2D eigenvalue weighted by molar-refractivity contribution is 0.0895. The molecule has 0 radical (unpaired) electrons. The van der Waals surface area contributed by atoms with Crippen molar-refractivity contribution in [1.29, 1.82) is 5.26 Å². The van der Waals surface area contributed by atoms with Gasteiger partial charge >= 0.3 is 5.66 Å². The maximum atomic E-state index is 12.5. The quantitative estimate of drug-likeness (QED) is 0.514. The number of benzene rings is 3. The van der Waals surface area contributed by atoms with Crippen LogP contribution in [0.1, 0.15) is 34.0 Å². The molecule has 0 fully saturated rings. The number of carbonyl (C=O) groups is 1. The molecular weight excluding hydrogens is 402 g/mol. The fourth-order valence-corrected chi connectivity index (χ4v) is 3.03. The maximum absolute atomic E-state index is 12.5. The number of rotatable bonds is 7. The van der Waals surface area contributed by atoms with Crippen molar-refractivity contribution >= 4 is 5.91 Å². The van der Waals surface area contributed by atoms with E-state index in [2.05, 4.69) is 16.2 Å². The fraction of sp³-hybridized carbons (Fsp3) is 0.192. The van der Waals surface area contributed by atoms with Gasteiger partial charge in [0.05, 0.1) is 11.6 Å². The molecule has 6 nitrogen and oxygen atoms in total. The molecule has 3 rings (SSSR count). The zero-order chi connectivity index (χ0) is 23.1. The highest BCUT2D eigenvalue weighted by Crippen LogP contribution is 2.34. The lowest BCUT2D eigenvalue weighted by Gasteiger charge is -2.20. The van der Waals surface area contributed by atoms with Crippen LogP contribution in [0.4, 0.5) is 0 Å². The van der Waals surface area contributed by atoms with E-state index in [0.29, 0.717) is 28.4 Å². The molecule has 0 saturated heterocycles. The second-order valence-corrected chi connectivity index (χ2v) is 7.64. The topological polar surface area (TPSA) is 75.7 Å². The van der Waals surface area contributed by atoms with E-state index in [-0.39, 0.29) is 12.5 Å². The van der Waals surface area contributed by atoms with Gasteiger partial charge in [0, 0.05) is 18.6 Å². The number of nitriles is 1. The average molecular weight is 425 g/mol. The largest absolute Gasteiger partial charge is 0.479 e. The molecule has 0 heterocycles. The number of hydrogen-bond donors (Lipinski definition) is 1. The Morgan fingerprint density at radius 1 is 1.06 bits per heavy atom. The van der Waals surface area contributed by atoms with Gasteiger partial charge in [-0.2, -0.15) is 5.26 Å². The van der Waals surface area contributed by atoms with Crippen LogP contribution in [0.5, 0.6) is 17.2 Å². The lowest BCUT2D eigenvalue weighted by Crippen LogP contribution is -2.47. The second-order valence-electron chi connectivity index (χ2n) is 7.64. The number of amides is 1. The van der Waals surface area contributed by atoms with E-state index in [4.69, 9.17) is 16.0 Å². The molecule has 1 unspecified atom stereocenters. The number of hydrogen-bond acceptors (Lipinski definition) is 4. The number of ether oxygens (including phenoxy) is 2. The highest BCUT2D eigenvalue weighted by atomic mass is 16.5. The molecule has 160 valence electrons. The van der Waals surface area contributed by atoms with E-state index in [1.54, 1.807) is 49.4 Å². The smallest absolute Gasteiger partial charge is 0.338 e. The summed E-state index contributed by atoms with van der Waals surface area (Å²) in [6, 6.07) is 21.4. The van der Waals surface area contributed by atoms with Gasteiger partial charge in [-0.05, 0) is 49.7 Å². The Hall–Kier alpha value is -4.29. The van der Waals surface area contributed by atoms with Gasteiger partial charge in [0.15, 0.2) is 18.1 Å². The van der Waals surface area contributed by atoms with Crippen LogP contribution in [0, 0.1) is 31.8 Å². The summed E-state index contributed by atoms with van der Waals surface area (Å²) in [5.41, 5.74) is 1.61. The standard InChI is InChI=1S/C26H23N3O3/c1-18-10-12-22(19(2)14-18)32-23-13-11-20(16-27)15-24(23)31-17-26(3,28-4)29-25(30)21-8-6-5-7-9-21/h5-15H,17H2,1-3H3,(H,29,30). The van der Waals surface area contributed by atoms with Crippen LogP contribution in [0.3, 0.4) is 0 Å². The number of carbonyl (C=O) groups excluding carboxylic acids is 1. The summed E-state index contributed by atoms with van der Waals surface area (Å²) in [5, 5.41) is 12.0. The van der Waals surface area contributed by atoms with Crippen LogP contribution in [-0.4, -0.2) is 18.2 Å². The van der Waals surface area contributed by atoms with Crippen molar-refractivity contribution in [3.63, 3.8) is 0 Å². The average Bonchev–Trinajstić information content (AvgIpc) is 2.80. The number of nitrogens with zero attached hydrogens (tertiary/aromatic N) is 2. The molecule has 0 aliphatic heterocycles. The first-order valence-electron chi connectivity index (χ1n) is 10.0. The Morgan fingerprint density at radius 2 is 1.78 bits per heavy atom. The van der Waals surface area contributed by atoms with E-state index in [1.165, 1.54) is 0 Å². The second kappa shape index (κ2) is 9.68. The molecule has 0 bridgehead atoms. The van der Waals surface area contributed by atoms with E-state index >= 15 is 0 Å². The molecule has 1 N–H and O–H groups in total. The van der Waals surface area contributed by atoms with Crippen LogP contribution in [-0.2, 0) is 0 Å². The summed E-state index contributed by atoms with van der Waals surface area (Å²) >= 11 is 0. The van der Waals surface area contributed by atoms with Crippen molar-refractivity contribution in [2.45, 2.75) is 26.4 Å². The van der Waals surface area contributed by atoms with Crippen LogP contribution >= 0.6 is 0 Å². The third kappa shape index (κ3) is 5.44. The van der Waals surface area contributed by atoms with Gasteiger partial charge in [-0.25, -0.2) is 6.57 Å². The SMILES string of the molecule is [C-]#[N+]C(C)(COc1cc(C#N)ccc1Oc1ccc(C)cc1C)NC(=O)c1ccccc1. The molecule has 0 saturated carbocycles. The summed E-state index contributed by atoms with van der Waals surface area (Å²) in [6.45, 7) is 13.0. The minimum absolute atomic E-state index is 0.132. The summed E-state index contributed by atoms with van der Waals surface area (Å²) in [6.07, 6.45) is 0. The third-order valence-corrected chi connectivity index (χ3v) is 4.80. The predicted octanol–water partition coefficient (Wildman–Crippen LogP) is 5.41. The van der Waals surface area contributed by atoms with Crippen molar-refractivity contribution in [2.75, 3.05) is 6.61 Å². The van der Waals surface area contributed by atoms with E-state index in [0.717, 1.165) is 11.1 Å². The summed E-state index contributed by atoms with van der Waals surface area (Å²) < 4.78 is 11.9. The van der Waals surface area contributed by atoms with E-state index < -0.39 is 5.66 Å². The Bertz CT molecular complexity index is 1210. The Kier molecular flexibility index (Phi) is 6.77. The molecular formula is C26H23N3O3. The Balaban J connectivity index is 1.81. The monoisotopic (exact) mass is 425 g/mol. The first-order valence-corrected chi connectivity index (χ1v) is 10.0. The highest BCUT2D eigenvalue weighted by Gasteiger charge is 2.34. The van der Waals surface area contributed by atoms with Gasteiger partial charge in [0.2, 0.25) is 0 Å². The van der Waals surface area contributed by atoms with Gasteiger partial charge in [0.25, 0.3) is 5.91 Å². The zero-order valence-corrected chi connectivity index (χ0v) is 18.2. The first-order chi connectivity index (χ1) is 15.3. The summed E-state index contributed by atoms with van der Waals surface area (Å²) in [5.74, 6) is 1.02. The predicted molar refractivity (Wildman–Crippen MR) is 122 cm³/mol. The molecule has 3 aromatic carbocycles. The van der Waals surface area contributed by atoms with Gasteiger partial charge in [0.1, 0.15) is 5.75 Å². The van der Waals surface area contributed by atoms with E-state index in [9.17, 15) is 10.1 Å². The van der Waals surface area contributed by atoms with Crippen LogP contribution < -0.4 is 14.8 Å². The Morgan fingerprint density at radius 3 is 2.44 bits per heavy atom. The molecule has 3 aromatic rings. The fourth-order valence-electron chi connectivity index (χ4n) is 3.03. The van der Waals surface area contributed by atoms with Crippen LogP contribution in [0.25, 0.3) is 4.85 Å². The first kappa shape index (κ1) is 22.4. The van der Waals surface area contributed by atoms with Gasteiger partial charge in [-0.3, -0.25) is 15.0 Å². The van der Waals surface area contributed by atoms with Crippen LogP contribution in [0.15, 0.2) is 66.7 Å². The third-order valence-electron chi connectivity index (χ3n) is 4.80. The van der Waals surface area contributed by atoms with Gasteiger partial charge < -0.3 is 9.47 Å². The summed E-state index contributed by atoms with van der Waals surface area (Å²) in [4.78, 5) is 16.1. The minimum Gasteiger partial charge on any atom is -0.479 e. The molecule has 32 heavy (non-hydrogen) atoms. The van der Waals surface area contributed by atoms with Gasteiger partial charge in [-0.1, -0.05) is 35.9 Å². The van der Waals surface area contributed by atoms with Crippen molar-refractivity contribution in [3.8, 4) is 23.3 Å². The van der Waals surface area contributed by atoms with Crippen molar-refractivity contribution in [3.05, 3.63) is 100 Å². The zero-order valence-electron chi connectivity index (χ0n) is 18.2. The minimum atomic E-state index is -1.31. The van der Waals surface area contributed by atoms with Crippen molar-refractivity contribution in [2.24, 2.45) is 0 Å². The normalized spacial score (nSPS) is 12.0. The molecule has 1 atom stereocenters. The van der Waals surface area contributed by atoms with Crippen LogP contribution in [0.2, 0.25) is 0 Å². The molecule has 1 amide bonds. The molecule has 0 aliphatic carbocycles. The molecule has 0 aliphatic rings. The lowest BCUT2D eigenvalue weighted by atomic mass is 10.1. The Labute approximate surface area is 187 Å². The van der Waals surface area contributed by atoms with Crippen molar-refractivity contribution in [1.82, 2.24) is 5.32 Å². The maximum Gasteiger partial charge on any atom is 0.338 e.